The number of fused-ring (bicyclic) bond motifs is 2. The normalized spacial score (nSPS) is 20.2. The summed E-state index contributed by atoms with van der Waals surface area (Å²) in [6.07, 6.45) is 6.03. The Labute approximate surface area is 203 Å². The number of rotatable bonds is 6. The molecule has 5 rings (SSSR count). The Morgan fingerprint density at radius 1 is 0.735 bits per heavy atom. The monoisotopic (exact) mass is 466 g/mol. The van der Waals surface area contributed by atoms with Crippen LogP contribution in [0.15, 0.2) is 24.3 Å². The lowest BCUT2D eigenvalue weighted by atomic mass is 9.64. The molecule has 2 aromatic rings. The van der Waals surface area contributed by atoms with Gasteiger partial charge in [0.2, 0.25) is 0 Å². The molecule has 2 aliphatic heterocycles. The van der Waals surface area contributed by atoms with Crippen molar-refractivity contribution in [3.63, 3.8) is 0 Å². The number of β-amino-alcohol motifs (C(OH)–C–C–N with tert-alkyl or cyclic N) is 2. The van der Waals surface area contributed by atoms with Gasteiger partial charge in [0, 0.05) is 42.7 Å². The van der Waals surface area contributed by atoms with Crippen LogP contribution >= 0.6 is 0 Å². The summed E-state index contributed by atoms with van der Waals surface area (Å²) in [5.74, 6) is 2.03. The number of hydrogen-bond acceptors (Lipinski definition) is 6. The van der Waals surface area contributed by atoms with Crippen molar-refractivity contribution in [2.24, 2.45) is 0 Å². The molecule has 184 valence electrons. The molecule has 2 N–H and O–H groups in total. The maximum atomic E-state index is 9.42. The average Bonchev–Trinajstić information content (AvgIpc) is 2.84. The standard InChI is InChI=1S/C28H38N2O4/c1-20-12-24(14-22-16-29(8-10-31)18-33-26(20)22)28(6-4-3-5-7-28)25-13-21(2)27-23(15-25)17-30(9-11-32)19-34-27/h12-15,31-32H,3-11,16-19H2,1-2H3. The minimum Gasteiger partial charge on any atom is -0.478 e. The summed E-state index contributed by atoms with van der Waals surface area (Å²) >= 11 is 0. The third-order valence-electron chi connectivity index (χ3n) is 7.92. The van der Waals surface area contributed by atoms with E-state index in [1.54, 1.807) is 0 Å². The van der Waals surface area contributed by atoms with E-state index in [4.69, 9.17) is 9.47 Å². The van der Waals surface area contributed by atoms with Gasteiger partial charge in [-0.15, -0.1) is 0 Å². The minimum atomic E-state index is -0.0175. The molecule has 1 aliphatic carbocycles. The summed E-state index contributed by atoms with van der Waals surface area (Å²) in [6.45, 7) is 8.57. The molecule has 1 saturated carbocycles. The van der Waals surface area contributed by atoms with Crippen LogP contribution < -0.4 is 9.47 Å². The van der Waals surface area contributed by atoms with Crippen molar-refractivity contribution in [1.29, 1.82) is 0 Å². The second kappa shape index (κ2) is 9.86. The molecule has 0 spiro atoms. The minimum absolute atomic E-state index is 0.0175. The van der Waals surface area contributed by atoms with E-state index in [9.17, 15) is 10.2 Å². The Balaban J connectivity index is 1.57. The fourth-order valence-electron chi connectivity index (χ4n) is 6.25. The first-order chi connectivity index (χ1) is 16.5. The van der Waals surface area contributed by atoms with Crippen molar-refractivity contribution < 1.29 is 19.7 Å². The van der Waals surface area contributed by atoms with Gasteiger partial charge in [0.25, 0.3) is 0 Å². The molecule has 0 bridgehead atoms. The SMILES string of the molecule is Cc1cc(C2(c3cc(C)c4c(c3)CN(CCO)CO4)CCCCC2)cc2c1OCN(CCO)C2. The Bertz CT molecular complexity index is 956. The van der Waals surface area contributed by atoms with Crippen LogP contribution in [0.5, 0.6) is 11.5 Å². The van der Waals surface area contributed by atoms with Gasteiger partial charge in [-0.05, 0) is 61.1 Å². The van der Waals surface area contributed by atoms with Gasteiger partial charge in [0.15, 0.2) is 0 Å². The topological polar surface area (TPSA) is 65.4 Å². The quantitative estimate of drug-likeness (QED) is 0.674. The summed E-state index contributed by atoms with van der Waals surface area (Å²) < 4.78 is 12.2. The molecular weight excluding hydrogens is 428 g/mol. The van der Waals surface area contributed by atoms with Gasteiger partial charge >= 0.3 is 0 Å². The van der Waals surface area contributed by atoms with Crippen LogP contribution in [0, 0.1) is 13.8 Å². The number of ether oxygens (including phenoxy) is 2. The van der Waals surface area contributed by atoms with Crippen molar-refractivity contribution in [2.45, 2.75) is 64.5 Å². The van der Waals surface area contributed by atoms with Crippen molar-refractivity contribution in [1.82, 2.24) is 9.80 Å². The first kappa shape index (κ1) is 23.6. The van der Waals surface area contributed by atoms with Crippen molar-refractivity contribution in [3.8, 4) is 11.5 Å². The van der Waals surface area contributed by atoms with E-state index in [0.29, 0.717) is 26.6 Å². The Kier molecular flexibility index (Phi) is 6.85. The zero-order valence-corrected chi connectivity index (χ0v) is 20.6. The summed E-state index contributed by atoms with van der Waals surface area (Å²) in [4.78, 5) is 4.32. The molecule has 0 aromatic heterocycles. The van der Waals surface area contributed by atoms with Crippen molar-refractivity contribution in [2.75, 3.05) is 39.8 Å². The van der Waals surface area contributed by atoms with E-state index in [-0.39, 0.29) is 18.6 Å². The highest BCUT2D eigenvalue weighted by Crippen LogP contribution is 2.48. The highest BCUT2D eigenvalue weighted by molar-refractivity contribution is 5.54. The second-order valence-electron chi connectivity index (χ2n) is 10.3. The van der Waals surface area contributed by atoms with E-state index in [2.05, 4.69) is 47.9 Å². The predicted octanol–water partition coefficient (Wildman–Crippen LogP) is 3.84. The first-order valence-electron chi connectivity index (χ1n) is 12.7. The molecule has 2 heterocycles. The van der Waals surface area contributed by atoms with Gasteiger partial charge in [0.1, 0.15) is 25.0 Å². The average molecular weight is 467 g/mol. The number of aryl methyl sites for hydroxylation is 2. The van der Waals surface area contributed by atoms with E-state index in [1.165, 1.54) is 52.6 Å². The van der Waals surface area contributed by atoms with Gasteiger partial charge in [-0.3, -0.25) is 9.80 Å². The molecule has 1 fully saturated rings. The van der Waals surface area contributed by atoms with Gasteiger partial charge in [-0.2, -0.15) is 0 Å². The van der Waals surface area contributed by atoms with Crippen molar-refractivity contribution in [3.05, 3.63) is 57.6 Å². The van der Waals surface area contributed by atoms with Crippen LogP contribution in [0.3, 0.4) is 0 Å². The van der Waals surface area contributed by atoms with Crippen LogP contribution in [0.25, 0.3) is 0 Å². The summed E-state index contributed by atoms with van der Waals surface area (Å²) in [5, 5.41) is 18.8. The maximum absolute atomic E-state index is 9.42. The van der Waals surface area contributed by atoms with Crippen LogP contribution in [-0.4, -0.2) is 59.8 Å². The number of benzene rings is 2. The second-order valence-corrected chi connectivity index (χ2v) is 10.3. The van der Waals surface area contributed by atoms with Crippen LogP contribution in [-0.2, 0) is 18.5 Å². The predicted molar refractivity (Wildman–Crippen MR) is 132 cm³/mol. The van der Waals surface area contributed by atoms with Gasteiger partial charge in [-0.1, -0.05) is 31.4 Å². The summed E-state index contributed by atoms with van der Waals surface area (Å²) in [5.41, 5.74) is 7.62. The molecule has 2 aromatic carbocycles. The molecular formula is C28H38N2O4. The van der Waals surface area contributed by atoms with E-state index >= 15 is 0 Å². The van der Waals surface area contributed by atoms with Crippen LogP contribution in [0.2, 0.25) is 0 Å². The molecule has 3 aliphatic rings. The first-order valence-corrected chi connectivity index (χ1v) is 12.7. The van der Waals surface area contributed by atoms with Crippen molar-refractivity contribution >= 4 is 0 Å². The van der Waals surface area contributed by atoms with E-state index in [0.717, 1.165) is 37.4 Å². The number of aliphatic hydroxyl groups is 2. The fraction of sp³-hybridized carbons (Fsp3) is 0.571. The van der Waals surface area contributed by atoms with Gasteiger partial charge in [-0.25, -0.2) is 0 Å². The van der Waals surface area contributed by atoms with E-state index < -0.39 is 0 Å². The molecule has 0 saturated heterocycles. The Morgan fingerprint density at radius 2 is 1.21 bits per heavy atom. The van der Waals surface area contributed by atoms with Crippen LogP contribution in [0.1, 0.15) is 65.5 Å². The van der Waals surface area contributed by atoms with Gasteiger partial charge in [0.05, 0.1) is 13.2 Å². The Morgan fingerprint density at radius 3 is 1.65 bits per heavy atom. The van der Waals surface area contributed by atoms with Gasteiger partial charge < -0.3 is 19.7 Å². The highest BCUT2D eigenvalue weighted by atomic mass is 16.5. The van der Waals surface area contributed by atoms with Crippen LogP contribution in [0.4, 0.5) is 0 Å². The lowest BCUT2D eigenvalue weighted by Crippen LogP contribution is -2.36. The molecule has 6 nitrogen and oxygen atoms in total. The lowest BCUT2D eigenvalue weighted by molar-refractivity contribution is 0.0762. The molecule has 0 unspecified atom stereocenters. The third kappa shape index (κ3) is 4.33. The zero-order chi connectivity index (χ0) is 23.7. The molecule has 0 atom stereocenters. The highest BCUT2D eigenvalue weighted by Gasteiger charge is 2.38. The summed E-state index contributed by atoms with van der Waals surface area (Å²) in [6, 6.07) is 9.46. The number of aliphatic hydroxyl groups excluding tert-OH is 2. The number of nitrogens with zero attached hydrogens (tertiary/aromatic N) is 2. The lowest BCUT2D eigenvalue weighted by Gasteiger charge is -2.41. The molecule has 6 heteroatoms. The Hall–Kier alpha value is -2.12. The third-order valence-corrected chi connectivity index (χ3v) is 7.92. The smallest absolute Gasteiger partial charge is 0.142 e. The molecule has 34 heavy (non-hydrogen) atoms. The molecule has 0 amide bonds. The summed E-state index contributed by atoms with van der Waals surface area (Å²) in [7, 11) is 0. The number of hydrogen-bond donors (Lipinski definition) is 2. The van der Waals surface area contributed by atoms with E-state index in [1.807, 2.05) is 0 Å². The largest absolute Gasteiger partial charge is 0.478 e. The maximum Gasteiger partial charge on any atom is 0.142 e. The zero-order valence-electron chi connectivity index (χ0n) is 20.6. The fourth-order valence-corrected chi connectivity index (χ4v) is 6.25. The molecule has 0 radical (unpaired) electrons.